The first-order valence-corrected chi connectivity index (χ1v) is 5.49. The van der Waals surface area contributed by atoms with Crippen molar-refractivity contribution in [1.82, 2.24) is 4.98 Å². The Kier molecular flexibility index (Phi) is 3.99. The third-order valence-corrected chi connectivity index (χ3v) is 2.07. The molecule has 1 rings (SSSR count). The van der Waals surface area contributed by atoms with Gasteiger partial charge in [-0.1, -0.05) is 6.07 Å². The molecule has 0 fully saturated rings. The van der Waals surface area contributed by atoms with Crippen LogP contribution in [0.5, 0.6) is 0 Å². The average Bonchev–Trinajstić information content (AvgIpc) is 2.26. The Morgan fingerprint density at radius 3 is 2.41 bits per heavy atom. The molecule has 0 aliphatic heterocycles. The van der Waals surface area contributed by atoms with E-state index in [4.69, 9.17) is 4.74 Å². The number of esters is 1. The average molecular weight is 235 g/mol. The molecule has 0 saturated carbocycles. The third kappa shape index (κ3) is 3.98. The summed E-state index contributed by atoms with van der Waals surface area (Å²) in [5, 5.41) is 0. The molecular weight excluding hydrogens is 218 g/mol. The number of hydrogen-bond acceptors (Lipinski definition) is 4. The normalized spacial score (nSPS) is 12.9. The van der Waals surface area contributed by atoms with Gasteiger partial charge in [0.05, 0.1) is 0 Å². The number of Topliss-reactive ketones (excluding diaryl/α,β-unsaturated/α-hetero) is 1. The molecular formula is C13H17NO3. The van der Waals surface area contributed by atoms with E-state index in [9.17, 15) is 9.59 Å². The van der Waals surface area contributed by atoms with Crippen LogP contribution in [0.1, 0.15) is 38.2 Å². The summed E-state index contributed by atoms with van der Waals surface area (Å²) in [5.41, 5.74) is -0.304. The SMILES string of the molecule is CC(C(=O)OC(C)(C)C)C(=O)c1ccccn1. The lowest BCUT2D eigenvalue weighted by atomic mass is 10.0. The highest BCUT2D eigenvalue weighted by Gasteiger charge is 2.28. The van der Waals surface area contributed by atoms with Crippen LogP contribution in [0.2, 0.25) is 0 Å². The molecule has 0 amide bonds. The van der Waals surface area contributed by atoms with Crippen molar-refractivity contribution in [3.63, 3.8) is 0 Å². The smallest absolute Gasteiger partial charge is 0.317 e. The Bertz CT molecular complexity index is 406. The van der Waals surface area contributed by atoms with Gasteiger partial charge in [0.1, 0.15) is 17.2 Å². The molecule has 17 heavy (non-hydrogen) atoms. The maximum absolute atomic E-state index is 11.9. The molecule has 0 saturated heterocycles. The fourth-order valence-corrected chi connectivity index (χ4v) is 1.23. The third-order valence-electron chi connectivity index (χ3n) is 2.07. The number of aromatic nitrogens is 1. The highest BCUT2D eigenvalue weighted by molar-refractivity contribution is 6.07. The first-order valence-electron chi connectivity index (χ1n) is 5.49. The Balaban J connectivity index is 2.74. The highest BCUT2D eigenvalue weighted by atomic mass is 16.6. The van der Waals surface area contributed by atoms with E-state index in [-0.39, 0.29) is 11.5 Å². The van der Waals surface area contributed by atoms with Crippen molar-refractivity contribution in [2.45, 2.75) is 33.3 Å². The van der Waals surface area contributed by atoms with Crippen LogP contribution < -0.4 is 0 Å². The van der Waals surface area contributed by atoms with Crippen LogP contribution in [0.3, 0.4) is 0 Å². The van der Waals surface area contributed by atoms with Crippen LogP contribution in [0.25, 0.3) is 0 Å². The zero-order valence-corrected chi connectivity index (χ0v) is 10.6. The summed E-state index contributed by atoms with van der Waals surface area (Å²) < 4.78 is 5.15. The van der Waals surface area contributed by atoms with Gasteiger partial charge in [-0.15, -0.1) is 0 Å². The number of ketones is 1. The molecule has 0 N–H and O–H groups in total. The monoisotopic (exact) mass is 235 g/mol. The molecule has 4 nitrogen and oxygen atoms in total. The van der Waals surface area contributed by atoms with Gasteiger partial charge < -0.3 is 4.74 Å². The number of ether oxygens (including phenoxy) is 1. The zero-order valence-electron chi connectivity index (χ0n) is 10.6. The van der Waals surface area contributed by atoms with Gasteiger partial charge in [0.2, 0.25) is 0 Å². The molecule has 0 bridgehead atoms. The van der Waals surface area contributed by atoms with Crippen LogP contribution >= 0.6 is 0 Å². The molecule has 0 spiro atoms. The minimum Gasteiger partial charge on any atom is -0.459 e. The Morgan fingerprint density at radius 2 is 1.94 bits per heavy atom. The fourth-order valence-electron chi connectivity index (χ4n) is 1.23. The summed E-state index contributed by atoms with van der Waals surface area (Å²) in [4.78, 5) is 27.5. The minimum absolute atomic E-state index is 0.283. The topological polar surface area (TPSA) is 56.3 Å². The van der Waals surface area contributed by atoms with Crippen molar-refractivity contribution in [3.05, 3.63) is 30.1 Å². The lowest BCUT2D eigenvalue weighted by Gasteiger charge is -2.21. The molecule has 0 aliphatic carbocycles. The molecule has 0 aromatic carbocycles. The molecule has 1 atom stereocenters. The quantitative estimate of drug-likeness (QED) is 0.458. The molecule has 1 aromatic heterocycles. The Morgan fingerprint density at radius 1 is 1.29 bits per heavy atom. The standard InChI is InChI=1S/C13H17NO3/c1-9(12(16)17-13(2,3)4)11(15)10-7-5-6-8-14-10/h5-9H,1-4H3. The summed E-state index contributed by atoms with van der Waals surface area (Å²) in [6.07, 6.45) is 1.52. The number of hydrogen-bond donors (Lipinski definition) is 0. The number of nitrogens with zero attached hydrogens (tertiary/aromatic N) is 1. The van der Waals surface area contributed by atoms with Crippen molar-refractivity contribution >= 4 is 11.8 Å². The van der Waals surface area contributed by atoms with Crippen LogP contribution in [0.4, 0.5) is 0 Å². The van der Waals surface area contributed by atoms with E-state index in [0.29, 0.717) is 0 Å². The summed E-state index contributed by atoms with van der Waals surface area (Å²) in [5.74, 6) is -1.67. The summed E-state index contributed by atoms with van der Waals surface area (Å²) in [7, 11) is 0. The lowest BCUT2D eigenvalue weighted by molar-refractivity contribution is -0.157. The Hall–Kier alpha value is -1.71. The van der Waals surface area contributed by atoms with Gasteiger partial charge >= 0.3 is 5.97 Å². The van der Waals surface area contributed by atoms with E-state index in [2.05, 4.69) is 4.98 Å². The molecule has 0 radical (unpaired) electrons. The number of pyridine rings is 1. The van der Waals surface area contributed by atoms with Gasteiger partial charge in [-0.25, -0.2) is 0 Å². The van der Waals surface area contributed by atoms with Crippen molar-refractivity contribution in [2.24, 2.45) is 5.92 Å². The van der Waals surface area contributed by atoms with E-state index >= 15 is 0 Å². The molecule has 1 heterocycles. The van der Waals surface area contributed by atoms with Gasteiger partial charge in [-0.3, -0.25) is 14.6 Å². The van der Waals surface area contributed by atoms with Crippen molar-refractivity contribution in [3.8, 4) is 0 Å². The predicted molar refractivity (Wildman–Crippen MR) is 63.6 cm³/mol. The predicted octanol–water partition coefficient (Wildman–Crippen LogP) is 2.24. The second kappa shape index (κ2) is 5.08. The van der Waals surface area contributed by atoms with E-state index in [1.807, 2.05) is 0 Å². The van der Waals surface area contributed by atoms with Crippen LogP contribution in [0.15, 0.2) is 24.4 Å². The highest BCUT2D eigenvalue weighted by Crippen LogP contribution is 2.14. The van der Waals surface area contributed by atoms with Crippen molar-refractivity contribution < 1.29 is 14.3 Å². The zero-order chi connectivity index (χ0) is 13.1. The maximum Gasteiger partial charge on any atom is 0.317 e. The minimum atomic E-state index is -0.830. The molecule has 92 valence electrons. The Labute approximate surface area is 101 Å². The first kappa shape index (κ1) is 13.4. The lowest BCUT2D eigenvalue weighted by Crippen LogP contribution is -2.31. The number of rotatable bonds is 3. The second-order valence-electron chi connectivity index (χ2n) is 4.83. The van der Waals surface area contributed by atoms with E-state index in [0.717, 1.165) is 0 Å². The van der Waals surface area contributed by atoms with Crippen molar-refractivity contribution in [1.29, 1.82) is 0 Å². The number of carbonyl (C=O) groups is 2. The van der Waals surface area contributed by atoms with Crippen LogP contribution in [-0.4, -0.2) is 22.3 Å². The van der Waals surface area contributed by atoms with Gasteiger partial charge in [-0.2, -0.15) is 0 Å². The second-order valence-corrected chi connectivity index (χ2v) is 4.83. The fraction of sp³-hybridized carbons (Fsp3) is 0.462. The van der Waals surface area contributed by atoms with E-state index in [1.54, 1.807) is 39.0 Å². The maximum atomic E-state index is 11.9. The van der Waals surface area contributed by atoms with Crippen molar-refractivity contribution in [2.75, 3.05) is 0 Å². The number of carbonyl (C=O) groups excluding carboxylic acids is 2. The van der Waals surface area contributed by atoms with Gasteiger partial charge in [0.25, 0.3) is 0 Å². The summed E-state index contributed by atoms with van der Waals surface area (Å²) in [6, 6.07) is 5.01. The first-order chi connectivity index (χ1) is 7.81. The van der Waals surface area contributed by atoms with Gasteiger partial charge in [0, 0.05) is 6.20 Å². The van der Waals surface area contributed by atoms with E-state index in [1.165, 1.54) is 13.1 Å². The van der Waals surface area contributed by atoms with Gasteiger partial charge in [0.15, 0.2) is 5.78 Å². The summed E-state index contributed by atoms with van der Waals surface area (Å²) in [6.45, 7) is 6.83. The van der Waals surface area contributed by atoms with Crippen LogP contribution in [-0.2, 0) is 9.53 Å². The molecule has 1 unspecified atom stereocenters. The molecule has 0 aliphatic rings. The molecule has 4 heteroatoms. The van der Waals surface area contributed by atoms with E-state index < -0.39 is 17.5 Å². The van der Waals surface area contributed by atoms with Gasteiger partial charge in [-0.05, 0) is 39.8 Å². The van der Waals surface area contributed by atoms with Crippen LogP contribution in [0, 0.1) is 5.92 Å². The largest absolute Gasteiger partial charge is 0.459 e. The summed E-state index contributed by atoms with van der Waals surface area (Å²) >= 11 is 0. The molecule has 1 aromatic rings.